The van der Waals surface area contributed by atoms with E-state index in [1.54, 1.807) is 0 Å². The number of fused-ring (bicyclic) bond motifs is 5. The van der Waals surface area contributed by atoms with E-state index in [0.717, 1.165) is 12.8 Å². The van der Waals surface area contributed by atoms with E-state index in [4.69, 9.17) is 74.3 Å². The van der Waals surface area contributed by atoms with Gasteiger partial charge >= 0.3 is 0 Å². The zero-order valence-corrected chi connectivity index (χ0v) is 13.0. The summed E-state index contributed by atoms with van der Waals surface area (Å²) in [5, 5.41) is 0.469. The first-order valence-corrected chi connectivity index (χ1v) is 7.49. The molecule has 0 aromatic heterocycles. The van der Waals surface area contributed by atoms with Crippen LogP contribution in [-0.2, 0) is 4.74 Å². The molecule has 2 bridgehead atoms. The summed E-state index contributed by atoms with van der Waals surface area (Å²) in [5.74, 6) is -0.111. The summed E-state index contributed by atoms with van der Waals surface area (Å²) in [4.78, 5) is -2.40. The van der Waals surface area contributed by atoms with Gasteiger partial charge in [-0.2, -0.15) is 0 Å². The number of hydrogen-bond acceptors (Lipinski definition) is 1. The highest BCUT2D eigenvalue weighted by molar-refractivity contribution is 6.65. The van der Waals surface area contributed by atoms with E-state index < -0.39 is 14.1 Å². The van der Waals surface area contributed by atoms with E-state index in [1.165, 1.54) is 0 Å². The third kappa shape index (κ3) is 1.22. The van der Waals surface area contributed by atoms with Crippen molar-refractivity contribution in [3.05, 3.63) is 10.1 Å². The standard InChI is InChI=1S/C10H8Cl6O/c11-5-6(12)9(14)7-4(2-1-3-17-7)8(5,13)10(9,15)16/h4,7H,1-3H2. The average Bonchev–Trinajstić information content (AvgIpc) is 2.51. The molecule has 96 valence electrons. The van der Waals surface area contributed by atoms with Crippen molar-refractivity contribution in [2.45, 2.75) is 33.0 Å². The van der Waals surface area contributed by atoms with Crippen molar-refractivity contribution in [1.82, 2.24) is 0 Å². The zero-order chi connectivity index (χ0) is 12.6. The van der Waals surface area contributed by atoms with Crippen molar-refractivity contribution >= 4 is 69.6 Å². The molecule has 1 heterocycles. The molecule has 1 saturated carbocycles. The third-order valence-electron chi connectivity index (χ3n) is 3.97. The van der Waals surface area contributed by atoms with Gasteiger partial charge in [-0.3, -0.25) is 0 Å². The molecule has 7 heteroatoms. The second-order valence-corrected chi connectivity index (χ2v) is 7.94. The lowest BCUT2D eigenvalue weighted by atomic mass is 9.84. The lowest BCUT2D eigenvalue weighted by Crippen LogP contribution is -2.47. The number of ether oxygens (including phenoxy) is 1. The lowest BCUT2D eigenvalue weighted by molar-refractivity contribution is -0.0256. The van der Waals surface area contributed by atoms with Crippen LogP contribution in [0.25, 0.3) is 0 Å². The van der Waals surface area contributed by atoms with E-state index in [9.17, 15) is 0 Å². The first kappa shape index (κ1) is 13.4. The van der Waals surface area contributed by atoms with Crippen LogP contribution in [0.5, 0.6) is 0 Å². The Bertz CT molecular complexity index is 385. The normalized spacial score (nSPS) is 51.9. The van der Waals surface area contributed by atoms with Crippen LogP contribution in [0.3, 0.4) is 0 Å². The van der Waals surface area contributed by atoms with Gasteiger partial charge in [-0.25, -0.2) is 0 Å². The second-order valence-electron chi connectivity index (χ2n) is 4.67. The summed E-state index contributed by atoms with van der Waals surface area (Å²) in [6.07, 6.45) is 1.32. The van der Waals surface area contributed by atoms with E-state index in [-0.39, 0.29) is 22.1 Å². The smallest absolute Gasteiger partial charge is 0.169 e. The topological polar surface area (TPSA) is 9.23 Å². The van der Waals surface area contributed by atoms with Crippen molar-refractivity contribution in [2.24, 2.45) is 5.92 Å². The number of allylic oxidation sites excluding steroid dienone is 1. The van der Waals surface area contributed by atoms with Crippen LogP contribution < -0.4 is 0 Å². The van der Waals surface area contributed by atoms with Gasteiger partial charge in [0.15, 0.2) is 4.33 Å². The minimum absolute atomic E-state index is 0.111. The fourth-order valence-electron chi connectivity index (χ4n) is 3.14. The van der Waals surface area contributed by atoms with E-state index >= 15 is 0 Å². The van der Waals surface area contributed by atoms with E-state index in [1.807, 2.05) is 0 Å². The maximum Gasteiger partial charge on any atom is 0.169 e. The quantitative estimate of drug-likeness (QED) is 0.575. The van der Waals surface area contributed by atoms with Gasteiger partial charge in [0.2, 0.25) is 0 Å². The number of halogens is 6. The molecule has 3 rings (SSSR count). The first-order chi connectivity index (χ1) is 7.79. The van der Waals surface area contributed by atoms with Crippen LogP contribution >= 0.6 is 69.6 Å². The van der Waals surface area contributed by atoms with Gasteiger partial charge in [-0.15, -0.1) is 23.2 Å². The zero-order valence-electron chi connectivity index (χ0n) is 8.45. The highest BCUT2D eigenvalue weighted by atomic mass is 35.5. The fraction of sp³-hybridized carbons (Fsp3) is 0.800. The molecule has 1 aliphatic heterocycles. The van der Waals surface area contributed by atoms with Gasteiger partial charge in [0.1, 0.15) is 9.75 Å². The Labute approximate surface area is 129 Å². The van der Waals surface area contributed by atoms with Gasteiger partial charge < -0.3 is 4.74 Å². The predicted octanol–water partition coefficient (Wildman–Crippen LogP) is 4.63. The summed E-state index contributed by atoms with van der Waals surface area (Å²) >= 11 is 38.3. The molecule has 0 aromatic carbocycles. The molecular formula is C10H8Cl6O. The molecule has 1 saturated heterocycles. The Morgan fingerprint density at radius 3 is 2.24 bits per heavy atom. The number of rotatable bonds is 0. The molecule has 4 unspecified atom stereocenters. The molecule has 0 aromatic rings. The van der Waals surface area contributed by atoms with Crippen LogP contribution in [0.4, 0.5) is 0 Å². The van der Waals surface area contributed by atoms with E-state index in [2.05, 4.69) is 0 Å². The van der Waals surface area contributed by atoms with Gasteiger partial charge in [0, 0.05) is 12.5 Å². The number of alkyl halides is 4. The minimum atomic E-state index is -1.46. The van der Waals surface area contributed by atoms with Crippen molar-refractivity contribution in [3.8, 4) is 0 Å². The summed E-state index contributed by atoms with van der Waals surface area (Å²) in [7, 11) is 0. The Morgan fingerprint density at radius 2 is 1.59 bits per heavy atom. The summed E-state index contributed by atoms with van der Waals surface area (Å²) in [6, 6.07) is 0. The highest BCUT2D eigenvalue weighted by Crippen LogP contribution is 2.75. The third-order valence-corrected chi connectivity index (χ3v) is 8.25. The monoisotopic (exact) mass is 354 g/mol. The number of hydrogen-bond donors (Lipinski definition) is 0. The van der Waals surface area contributed by atoms with Crippen molar-refractivity contribution < 1.29 is 4.74 Å². The molecule has 2 fully saturated rings. The molecule has 4 atom stereocenters. The second kappa shape index (κ2) is 3.75. The van der Waals surface area contributed by atoms with Crippen LogP contribution in [0.1, 0.15) is 12.8 Å². The van der Waals surface area contributed by atoms with Crippen molar-refractivity contribution in [2.75, 3.05) is 6.61 Å². The van der Waals surface area contributed by atoms with E-state index in [0.29, 0.717) is 6.61 Å². The molecule has 0 N–H and O–H groups in total. The molecule has 0 spiro atoms. The summed E-state index contributed by atoms with van der Waals surface area (Å²) < 4.78 is 4.23. The molecule has 17 heavy (non-hydrogen) atoms. The van der Waals surface area contributed by atoms with Crippen LogP contribution in [0.15, 0.2) is 10.1 Å². The van der Waals surface area contributed by atoms with Crippen molar-refractivity contribution in [1.29, 1.82) is 0 Å². The molecular weight excluding hydrogens is 349 g/mol. The molecule has 2 aliphatic carbocycles. The van der Waals surface area contributed by atoms with Gasteiger partial charge in [0.05, 0.1) is 16.2 Å². The first-order valence-electron chi connectivity index (χ1n) is 5.23. The van der Waals surface area contributed by atoms with Crippen LogP contribution in [0, 0.1) is 5.92 Å². The average molecular weight is 357 g/mol. The lowest BCUT2D eigenvalue weighted by Gasteiger charge is -2.39. The Kier molecular flexibility index (Phi) is 2.96. The highest BCUT2D eigenvalue weighted by Gasteiger charge is 2.83. The minimum Gasteiger partial charge on any atom is -0.375 e. The Morgan fingerprint density at radius 1 is 1.00 bits per heavy atom. The summed E-state index contributed by atoms with van der Waals surface area (Å²) in [5.41, 5.74) is 0. The van der Waals surface area contributed by atoms with Gasteiger partial charge in [-0.1, -0.05) is 46.4 Å². The summed E-state index contributed by atoms with van der Waals surface area (Å²) in [6.45, 7) is 0.605. The fourth-order valence-corrected chi connectivity index (χ4v) is 6.11. The van der Waals surface area contributed by atoms with Crippen LogP contribution in [-0.4, -0.2) is 26.8 Å². The Hall–Kier alpha value is 1.44. The molecule has 1 nitrogen and oxygen atoms in total. The van der Waals surface area contributed by atoms with Gasteiger partial charge in [0.25, 0.3) is 0 Å². The SMILES string of the molecule is ClC1=C(Cl)C2(Cl)C3OCCCC3C1(Cl)C2(Cl)Cl. The maximum atomic E-state index is 6.59. The van der Waals surface area contributed by atoms with Crippen molar-refractivity contribution in [3.63, 3.8) is 0 Å². The maximum absolute atomic E-state index is 6.59. The van der Waals surface area contributed by atoms with Gasteiger partial charge in [-0.05, 0) is 12.8 Å². The molecule has 3 aliphatic rings. The largest absolute Gasteiger partial charge is 0.375 e. The predicted molar refractivity (Wildman–Crippen MR) is 72.8 cm³/mol. The molecule has 0 radical (unpaired) electrons. The van der Waals surface area contributed by atoms with Crippen LogP contribution in [0.2, 0.25) is 0 Å². The Balaban J connectivity index is 2.25. The molecule has 0 amide bonds.